The van der Waals surface area contributed by atoms with Gasteiger partial charge in [-0.2, -0.15) is 0 Å². The van der Waals surface area contributed by atoms with Crippen molar-refractivity contribution >= 4 is 34.6 Å². The van der Waals surface area contributed by atoms with Crippen LogP contribution in [-0.2, 0) is 4.74 Å². The maximum absolute atomic E-state index is 12.2. The lowest BCUT2D eigenvalue weighted by molar-refractivity contribution is 0.0379. The van der Waals surface area contributed by atoms with Gasteiger partial charge in [0.05, 0.1) is 28.1 Å². The van der Waals surface area contributed by atoms with Crippen molar-refractivity contribution in [3.63, 3.8) is 0 Å². The summed E-state index contributed by atoms with van der Waals surface area (Å²) in [4.78, 5) is 12.2. The first-order chi connectivity index (χ1) is 9.97. The van der Waals surface area contributed by atoms with Gasteiger partial charge in [0.1, 0.15) is 0 Å². The molecule has 0 saturated carbocycles. The predicted octanol–water partition coefficient (Wildman–Crippen LogP) is 4.23. The van der Waals surface area contributed by atoms with Gasteiger partial charge in [0, 0.05) is 5.69 Å². The van der Waals surface area contributed by atoms with Crippen LogP contribution in [0.4, 0.5) is 17.1 Å². The maximum Gasteiger partial charge on any atom is 0.340 e. The molecular weight excluding hydrogens is 288 g/mol. The van der Waals surface area contributed by atoms with Gasteiger partial charge < -0.3 is 15.8 Å². The molecular formula is C16H17ClN2O2. The molecule has 21 heavy (non-hydrogen) atoms. The molecule has 5 heteroatoms. The highest BCUT2D eigenvalue weighted by atomic mass is 35.5. The van der Waals surface area contributed by atoms with Gasteiger partial charge in [0.25, 0.3) is 0 Å². The quantitative estimate of drug-likeness (QED) is 0.655. The lowest BCUT2D eigenvalue weighted by Gasteiger charge is -2.14. The van der Waals surface area contributed by atoms with E-state index in [0.717, 1.165) is 0 Å². The van der Waals surface area contributed by atoms with Gasteiger partial charge in [0.15, 0.2) is 0 Å². The van der Waals surface area contributed by atoms with Gasteiger partial charge in [-0.3, -0.25) is 0 Å². The summed E-state index contributed by atoms with van der Waals surface area (Å²) < 4.78 is 5.23. The fourth-order valence-corrected chi connectivity index (χ4v) is 2.01. The normalized spacial score (nSPS) is 10.5. The number of ether oxygens (including phenoxy) is 1. The molecule has 0 spiro atoms. The molecule has 2 aromatic carbocycles. The van der Waals surface area contributed by atoms with Crippen LogP contribution in [0.15, 0.2) is 42.5 Å². The molecule has 0 aliphatic rings. The first kappa shape index (κ1) is 15.2. The van der Waals surface area contributed by atoms with E-state index in [4.69, 9.17) is 22.1 Å². The van der Waals surface area contributed by atoms with Crippen LogP contribution >= 0.6 is 11.6 Å². The average Bonchev–Trinajstić information content (AvgIpc) is 2.42. The molecule has 0 aliphatic heterocycles. The van der Waals surface area contributed by atoms with E-state index >= 15 is 0 Å². The number of anilines is 3. The summed E-state index contributed by atoms with van der Waals surface area (Å²) in [6, 6.07) is 12.3. The van der Waals surface area contributed by atoms with Crippen molar-refractivity contribution in [1.29, 1.82) is 0 Å². The molecule has 4 nitrogen and oxygen atoms in total. The van der Waals surface area contributed by atoms with E-state index in [1.165, 1.54) is 0 Å². The van der Waals surface area contributed by atoms with Crippen LogP contribution in [0.25, 0.3) is 0 Å². The summed E-state index contributed by atoms with van der Waals surface area (Å²) in [6.45, 7) is 3.59. The summed E-state index contributed by atoms with van der Waals surface area (Å²) in [7, 11) is 0. The van der Waals surface area contributed by atoms with Crippen LogP contribution in [0, 0.1) is 0 Å². The summed E-state index contributed by atoms with van der Waals surface area (Å²) in [6.07, 6.45) is -0.202. The van der Waals surface area contributed by atoms with Crippen molar-refractivity contribution in [3.8, 4) is 0 Å². The molecule has 0 aromatic heterocycles. The number of hydrogen-bond acceptors (Lipinski definition) is 4. The Labute approximate surface area is 128 Å². The topological polar surface area (TPSA) is 64.3 Å². The first-order valence-electron chi connectivity index (χ1n) is 6.59. The predicted molar refractivity (Wildman–Crippen MR) is 86.1 cm³/mol. The summed E-state index contributed by atoms with van der Waals surface area (Å²) >= 11 is 6.12. The van der Waals surface area contributed by atoms with E-state index in [-0.39, 0.29) is 6.10 Å². The van der Waals surface area contributed by atoms with E-state index in [1.807, 2.05) is 18.2 Å². The highest BCUT2D eigenvalue weighted by molar-refractivity contribution is 6.33. The third-order valence-corrected chi connectivity index (χ3v) is 3.08. The number of nitrogens with two attached hydrogens (primary N) is 1. The smallest absolute Gasteiger partial charge is 0.340 e. The number of hydrogen-bond donors (Lipinski definition) is 2. The summed E-state index contributed by atoms with van der Waals surface area (Å²) in [5, 5.41) is 3.70. The minimum atomic E-state index is -0.424. The lowest BCUT2D eigenvalue weighted by Crippen LogP contribution is -2.13. The third kappa shape index (κ3) is 3.89. The molecule has 0 aliphatic carbocycles. The van der Waals surface area contributed by atoms with Crippen LogP contribution < -0.4 is 11.1 Å². The second-order valence-corrected chi connectivity index (χ2v) is 5.27. The number of carbonyl (C=O) groups excluding carboxylic acids is 1. The van der Waals surface area contributed by atoms with Crippen molar-refractivity contribution in [2.24, 2.45) is 0 Å². The molecule has 0 amide bonds. The Kier molecular flexibility index (Phi) is 4.70. The van der Waals surface area contributed by atoms with Crippen LogP contribution in [0.3, 0.4) is 0 Å². The Hall–Kier alpha value is -2.20. The number of nitrogen functional groups attached to an aromatic ring is 1. The number of benzene rings is 2. The Morgan fingerprint density at radius 3 is 2.57 bits per heavy atom. The zero-order valence-electron chi connectivity index (χ0n) is 11.9. The van der Waals surface area contributed by atoms with Crippen molar-refractivity contribution in [3.05, 3.63) is 53.1 Å². The summed E-state index contributed by atoms with van der Waals surface area (Å²) in [5.74, 6) is -0.424. The Morgan fingerprint density at radius 1 is 1.19 bits per heavy atom. The Bertz CT molecular complexity index is 656. The van der Waals surface area contributed by atoms with E-state index in [2.05, 4.69) is 5.32 Å². The first-order valence-corrected chi connectivity index (χ1v) is 6.97. The molecule has 0 saturated heterocycles. The lowest BCUT2D eigenvalue weighted by atomic mass is 10.1. The minimum absolute atomic E-state index is 0.202. The fourth-order valence-electron chi connectivity index (χ4n) is 1.82. The van der Waals surface area contributed by atoms with E-state index < -0.39 is 5.97 Å². The molecule has 0 unspecified atom stereocenters. The number of halogens is 1. The van der Waals surface area contributed by atoms with Crippen LogP contribution in [0.5, 0.6) is 0 Å². The molecule has 0 atom stereocenters. The Morgan fingerprint density at radius 2 is 1.90 bits per heavy atom. The van der Waals surface area contributed by atoms with Crippen molar-refractivity contribution in [2.45, 2.75) is 20.0 Å². The molecule has 2 aromatic rings. The maximum atomic E-state index is 12.2. The minimum Gasteiger partial charge on any atom is -0.459 e. The Balaban J connectivity index is 2.35. The van der Waals surface area contributed by atoms with Gasteiger partial charge in [0.2, 0.25) is 0 Å². The van der Waals surface area contributed by atoms with E-state index in [0.29, 0.717) is 27.6 Å². The number of para-hydroxylation sites is 1. The van der Waals surface area contributed by atoms with Crippen LogP contribution in [-0.4, -0.2) is 12.1 Å². The molecule has 2 rings (SSSR count). The SMILES string of the molecule is CC(C)OC(=O)c1cc(N)ccc1Nc1ccccc1Cl. The van der Waals surface area contributed by atoms with Crippen molar-refractivity contribution < 1.29 is 9.53 Å². The van der Waals surface area contributed by atoms with Crippen LogP contribution in [0.1, 0.15) is 24.2 Å². The van der Waals surface area contributed by atoms with Gasteiger partial charge in [-0.15, -0.1) is 0 Å². The fraction of sp³-hybridized carbons (Fsp3) is 0.188. The second kappa shape index (κ2) is 6.50. The number of esters is 1. The number of rotatable bonds is 4. The molecule has 0 radical (unpaired) electrons. The standard InChI is InChI=1S/C16H17ClN2O2/c1-10(2)21-16(20)12-9-11(18)7-8-14(12)19-15-6-4-3-5-13(15)17/h3-10,19H,18H2,1-2H3. The van der Waals surface area contributed by atoms with Crippen molar-refractivity contribution in [2.75, 3.05) is 11.1 Å². The van der Waals surface area contributed by atoms with E-state index in [9.17, 15) is 4.79 Å². The van der Waals surface area contributed by atoms with Gasteiger partial charge >= 0.3 is 5.97 Å². The second-order valence-electron chi connectivity index (χ2n) is 4.86. The van der Waals surface area contributed by atoms with Crippen LogP contribution in [0.2, 0.25) is 5.02 Å². The molecule has 0 heterocycles. The zero-order chi connectivity index (χ0) is 15.4. The molecule has 0 fully saturated rings. The highest BCUT2D eigenvalue weighted by Gasteiger charge is 2.15. The third-order valence-electron chi connectivity index (χ3n) is 2.75. The molecule has 0 bridgehead atoms. The van der Waals surface area contributed by atoms with E-state index in [1.54, 1.807) is 38.1 Å². The number of nitrogens with one attached hydrogen (secondary N) is 1. The van der Waals surface area contributed by atoms with Gasteiger partial charge in [-0.25, -0.2) is 4.79 Å². The number of carbonyl (C=O) groups is 1. The average molecular weight is 305 g/mol. The monoisotopic (exact) mass is 304 g/mol. The summed E-state index contributed by atoms with van der Waals surface area (Å²) in [5.41, 5.74) is 7.94. The largest absolute Gasteiger partial charge is 0.459 e. The van der Waals surface area contributed by atoms with Gasteiger partial charge in [-0.05, 0) is 44.2 Å². The molecule has 3 N–H and O–H groups in total. The van der Waals surface area contributed by atoms with Gasteiger partial charge in [-0.1, -0.05) is 23.7 Å². The molecule has 110 valence electrons. The van der Waals surface area contributed by atoms with Crippen molar-refractivity contribution in [1.82, 2.24) is 0 Å². The zero-order valence-corrected chi connectivity index (χ0v) is 12.6. The highest BCUT2D eigenvalue weighted by Crippen LogP contribution is 2.28.